The van der Waals surface area contributed by atoms with Crippen molar-refractivity contribution < 1.29 is 14.9 Å². The van der Waals surface area contributed by atoms with Gasteiger partial charge in [0.2, 0.25) is 0 Å². The van der Waals surface area contributed by atoms with Gasteiger partial charge in [0.25, 0.3) is 0 Å². The Kier molecular flexibility index (Phi) is 3.90. The summed E-state index contributed by atoms with van der Waals surface area (Å²) in [6.45, 7) is 4.14. The molecule has 0 radical (unpaired) electrons. The minimum absolute atomic E-state index is 0.0604. The molecule has 0 aliphatic carbocycles. The molecular weight excluding hydrogens is 356 g/mol. The Balaban J connectivity index is 1.81. The minimum atomic E-state index is -1.06. The Labute approximate surface area is 161 Å². The predicted molar refractivity (Wildman–Crippen MR) is 104 cm³/mol. The first-order valence-corrected chi connectivity index (χ1v) is 9.23. The number of aromatic nitrogens is 4. The summed E-state index contributed by atoms with van der Waals surface area (Å²) in [5.41, 5.74) is 6.30. The van der Waals surface area contributed by atoms with Gasteiger partial charge in [0, 0.05) is 0 Å². The topological polar surface area (TPSA) is 93.3 Å². The molecular formula is C21H20N4O3. The molecule has 7 nitrogen and oxygen atoms in total. The molecule has 0 amide bonds. The molecule has 1 aliphatic rings. The van der Waals surface area contributed by atoms with Gasteiger partial charge in [-0.2, -0.15) is 5.10 Å². The van der Waals surface area contributed by atoms with Crippen molar-refractivity contribution in [2.24, 2.45) is 0 Å². The quantitative estimate of drug-likeness (QED) is 0.558. The van der Waals surface area contributed by atoms with Crippen molar-refractivity contribution in [1.82, 2.24) is 19.7 Å². The number of rotatable bonds is 2. The van der Waals surface area contributed by atoms with E-state index in [0.29, 0.717) is 16.9 Å². The van der Waals surface area contributed by atoms with E-state index < -0.39 is 18.3 Å². The second kappa shape index (κ2) is 6.34. The molecule has 1 saturated heterocycles. The Hall–Kier alpha value is -2.87. The molecule has 0 spiro atoms. The summed E-state index contributed by atoms with van der Waals surface area (Å²) in [5, 5.41) is 25.0. The van der Waals surface area contributed by atoms with Gasteiger partial charge in [0.05, 0.1) is 23.3 Å². The molecule has 2 aromatic heterocycles. The maximum atomic E-state index is 10.4. The van der Waals surface area contributed by atoms with Crippen LogP contribution in [0.5, 0.6) is 0 Å². The Morgan fingerprint density at radius 1 is 1.00 bits per heavy atom. The zero-order valence-electron chi connectivity index (χ0n) is 15.6. The van der Waals surface area contributed by atoms with Gasteiger partial charge in [0.15, 0.2) is 5.65 Å². The lowest BCUT2D eigenvalue weighted by Gasteiger charge is -2.12. The number of aryl methyl sites for hydroxylation is 2. The van der Waals surface area contributed by atoms with Gasteiger partial charge in [-0.05, 0) is 49.2 Å². The van der Waals surface area contributed by atoms with Crippen molar-refractivity contribution in [3.8, 4) is 5.69 Å². The molecule has 28 heavy (non-hydrogen) atoms. The Morgan fingerprint density at radius 2 is 1.68 bits per heavy atom. The third kappa shape index (κ3) is 2.59. The number of hydrogen-bond donors (Lipinski definition) is 2. The molecule has 3 atom stereocenters. The molecule has 142 valence electrons. The van der Waals surface area contributed by atoms with Crippen LogP contribution in [-0.4, -0.2) is 48.8 Å². The fourth-order valence-electron chi connectivity index (χ4n) is 3.61. The molecule has 2 N–H and O–H groups in total. The molecule has 4 aromatic rings. The predicted octanol–water partition coefficient (Wildman–Crippen LogP) is 2.38. The SMILES string of the molecule is Cc1cc2nc3c(C4OCC(O)C4O)nn(-c4ccccc4)c3nc2cc1C. The zero-order chi connectivity index (χ0) is 19.4. The van der Waals surface area contributed by atoms with E-state index in [9.17, 15) is 10.2 Å². The van der Waals surface area contributed by atoms with E-state index in [1.807, 2.05) is 56.3 Å². The Bertz CT molecular complexity index is 1190. The van der Waals surface area contributed by atoms with Crippen LogP contribution in [0.3, 0.4) is 0 Å². The molecule has 1 aliphatic heterocycles. The van der Waals surface area contributed by atoms with Crippen LogP contribution in [0.1, 0.15) is 22.9 Å². The number of ether oxygens (including phenoxy) is 1. The molecule has 7 heteroatoms. The maximum Gasteiger partial charge on any atom is 0.182 e. The van der Waals surface area contributed by atoms with Crippen molar-refractivity contribution in [2.45, 2.75) is 32.2 Å². The first kappa shape index (κ1) is 17.2. The van der Waals surface area contributed by atoms with Crippen molar-refractivity contribution in [3.63, 3.8) is 0 Å². The third-order valence-electron chi connectivity index (χ3n) is 5.33. The summed E-state index contributed by atoms with van der Waals surface area (Å²) in [5.74, 6) is 0. The van der Waals surface area contributed by atoms with Crippen LogP contribution in [0.25, 0.3) is 27.9 Å². The van der Waals surface area contributed by atoms with E-state index in [2.05, 4.69) is 5.10 Å². The van der Waals surface area contributed by atoms with Crippen LogP contribution in [0.2, 0.25) is 0 Å². The van der Waals surface area contributed by atoms with E-state index in [4.69, 9.17) is 14.7 Å². The van der Waals surface area contributed by atoms with Gasteiger partial charge >= 0.3 is 0 Å². The van der Waals surface area contributed by atoms with Gasteiger partial charge in [-0.15, -0.1) is 0 Å². The number of aliphatic hydroxyl groups is 2. The van der Waals surface area contributed by atoms with Crippen LogP contribution >= 0.6 is 0 Å². The van der Waals surface area contributed by atoms with Crippen LogP contribution < -0.4 is 0 Å². The van der Waals surface area contributed by atoms with E-state index in [1.54, 1.807) is 4.68 Å². The smallest absolute Gasteiger partial charge is 0.182 e. The summed E-state index contributed by atoms with van der Waals surface area (Å²) in [6.07, 6.45) is -2.75. The van der Waals surface area contributed by atoms with E-state index >= 15 is 0 Å². The third-order valence-corrected chi connectivity index (χ3v) is 5.33. The zero-order valence-corrected chi connectivity index (χ0v) is 15.6. The average molecular weight is 376 g/mol. The highest BCUT2D eigenvalue weighted by Crippen LogP contribution is 2.34. The summed E-state index contributed by atoms with van der Waals surface area (Å²) in [4.78, 5) is 9.64. The van der Waals surface area contributed by atoms with Crippen molar-refractivity contribution >= 4 is 22.2 Å². The van der Waals surface area contributed by atoms with Crippen molar-refractivity contribution in [1.29, 1.82) is 0 Å². The number of fused-ring (bicyclic) bond motifs is 2. The maximum absolute atomic E-state index is 10.4. The average Bonchev–Trinajstić information content (AvgIpc) is 3.22. The first-order valence-electron chi connectivity index (χ1n) is 9.23. The van der Waals surface area contributed by atoms with E-state index in [1.165, 1.54) is 0 Å². The molecule has 2 aromatic carbocycles. The molecule has 5 rings (SSSR count). The number of benzene rings is 2. The van der Waals surface area contributed by atoms with Gasteiger partial charge in [0.1, 0.15) is 29.5 Å². The standard InChI is InChI=1S/C21H20N4O3/c1-11-8-14-15(9-12(11)2)23-21-18(22-14)17(20-19(27)16(26)10-28-20)24-25(21)13-6-4-3-5-7-13/h3-9,16,19-20,26-27H,10H2,1-2H3. The highest BCUT2D eigenvalue weighted by atomic mass is 16.5. The van der Waals surface area contributed by atoms with Crippen molar-refractivity contribution in [2.75, 3.05) is 6.61 Å². The van der Waals surface area contributed by atoms with Gasteiger partial charge in [-0.3, -0.25) is 0 Å². The second-order valence-corrected chi connectivity index (χ2v) is 7.27. The lowest BCUT2D eigenvalue weighted by atomic mass is 10.1. The summed E-state index contributed by atoms with van der Waals surface area (Å²) in [6, 6.07) is 13.7. The summed E-state index contributed by atoms with van der Waals surface area (Å²) >= 11 is 0. The largest absolute Gasteiger partial charge is 0.388 e. The van der Waals surface area contributed by atoms with Crippen LogP contribution in [0.4, 0.5) is 0 Å². The van der Waals surface area contributed by atoms with Gasteiger partial charge in [-0.1, -0.05) is 18.2 Å². The fourth-order valence-corrected chi connectivity index (χ4v) is 3.61. The number of aliphatic hydroxyl groups excluding tert-OH is 2. The highest BCUT2D eigenvalue weighted by Gasteiger charge is 2.39. The van der Waals surface area contributed by atoms with Gasteiger partial charge < -0.3 is 14.9 Å². The van der Waals surface area contributed by atoms with Crippen molar-refractivity contribution in [3.05, 3.63) is 59.3 Å². The second-order valence-electron chi connectivity index (χ2n) is 7.27. The van der Waals surface area contributed by atoms with E-state index in [0.717, 1.165) is 27.8 Å². The molecule has 3 heterocycles. The summed E-state index contributed by atoms with van der Waals surface area (Å²) < 4.78 is 7.35. The molecule has 0 bridgehead atoms. The number of nitrogens with zero attached hydrogens (tertiary/aromatic N) is 4. The lowest BCUT2D eigenvalue weighted by Crippen LogP contribution is -2.25. The van der Waals surface area contributed by atoms with E-state index in [-0.39, 0.29) is 6.61 Å². The lowest BCUT2D eigenvalue weighted by molar-refractivity contribution is 0.0209. The van der Waals surface area contributed by atoms with Crippen LogP contribution in [0.15, 0.2) is 42.5 Å². The fraction of sp³-hybridized carbons (Fsp3) is 0.286. The highest BCUT2D eigenvalue weighted by molar-refractivity contribution is 5.87. The Morgan fingerprint density at radius 3 is 2.32 bits per heavy atom. The number of hydrogen-bond acceptors (Lipinski definition) is 6. The molecule has 0 saturated carbocycles. The normalized spacial score (nSPS) is 22.4. The first-order chi connectivity index (χ1) is 13.5. The summed E-state index contributed by atoms with van der Waals surface area (Å²) in [7, 11) is 0. The van der Waals surface area contributed by atoms with Crippen LogP contribution in [-0.2, 0) is 4.74 Å². The van der Waals surface area contributed by atoms with Gasteiger partial charge in [-0.25, -0.2) is 14.6 Å². The molecule has 1 fully saturated rings. The monoisotopic (exact) mass is 376 g/mol. The van der Waals surface area contributed by atoms with Crippen LogP contribution in [0, 0.1) is 13.8 Å². The number of para-hydroxylation sites is 1. The minimum Gasteiger partial charge on any atom is -0.388 e. The molecule has 3 unspecified atom stereocenters.